The Labute approximate surface area is 104 Å². The highest BCUT2D eigenvalue weighted by Crippen LogP contribution is 2.21. The van der Waals surface area contributed by atoms with Crippen molar-refractivity contribution in [1.82, 2.24) is 0 Å². The molecule has 0 N–H and O–H groups in total. The first-order chi connectivity index (χ1) is 7.56. The van der Waals surface area contributed by atoms with Gasteiger partial charge in [-0.15, -0.1) is 0 Å². The van der Waals surface area contributed by atoms with E-state index >= 15 is 0 Å². The lowest BCUT2D eigenvalue weighted by molar-refractivity contribution is 0.0958. The Hall–Kier alpha value is -0.700. The van der Waals surface area contributed by atoms with Gasteiger partial charge in [0.15, 0.2) is 5.78 Å². The van der Waals surface area contributed by atoms with E-state index < -0.39 is 5.82 Å². The standard InChI is InChI=1S/C13H16BrFO/c1-3-5-9(2)8-12(16)10-6-4-7-11(14)13(10)15/h4,6-7,9H,3,5,8H2,1-2H3. The van der Waals surface area contributed by atoms with Gasteiger partial charge in [0.05, 0.1) is 10.0 Å². The SMILES string of the molecule is CCCC(C)CC(=O)c1cccc(Br)c1F. The smallest absolute Gasteiger partial charge is 0.166 e. The minimum Gasteiger partial charge on any atom is -0.294 e. The largest absolute Gasteiger partial charge is 0.294 e. The van der Waals surface area contributed by atoms with Gasteiger partial charge in [-0.3, -0.25) is 4.79 Å². The summed E-state index contributed by atoms with van der Waals surface area (Å²) in [6.45, 7) is 4.11. The van der Waals surface area contributed by atoms with Crippen LogP contribution in [-0.4, -0.2) is 5.78 Å². The maximum atomic E-state index is 13.6. The summed E-state index contributed by atoms with van der Waals surface area (Å²) in [5.74, 6) is -0.244. The summed E-state index contributed by atoms with van der Waals surface area (Å²) in [5, 5.41) is 0. The van der Waals surface area contributed by atoms with Gasteiger partial charge >= 0.3 is 0 Å². The van der Waals surface area contributed by atoms with E-state index in [9.17, 15) is 9.18 Å². The molecule has 0 spiro atoms. The van der Waals surface area contributed by atoms with Gasteiger partial charge in [-0.2, -0.15) is 0 Å². The molecule has 0 heterocycles. The molecular formula is C13H16BrFO. The molecule has 1 rings (SSSR count). The highest BCUT2D eigenvalue weighted by Gasteiger charge is 2.16. The average Bonchev–Trinajstić information content (AvgIpc) is 2.22. The molecule has 0 amide bonds. The van der Waals surface area contributed by atoms with Gasteiger partial charge in [-0.1, -0.05) is 32.8 Å². The molecule has 1 unspecified atom stereocenters. The monoisotopic (exact) mass is 286 g/mol. The summed E-state index contributed by atoms with van der Waals surface area (Å²) in [7, 11) is 0. The number of carbonyl (C=O) groups is 1. The first-order valence-electron chi connectivity index (χ1n) is 5.53. The number of rotatable bonds is 5. The van der Waals surface area contributed by atoms with Crippen molar-refractivity contribution in [2.45, 2.75) is 33.1 Å². The summed E-state index contributed by atoms with van der Waals surface area (Å²) < 4.78 is 14.0. The minimum absolute atomic E-state index is 0.111. The maximum absolute atomic E-state index is 13.6. The molecule has 0 bridgehead atoms. The Kier molecular flexibility index (Phi) is 5.13. The van der Waals surface area contributed by atoms with Crippen LogP contribution in [0.2, 0.25) is 0 Å². The van der Waals surface area contributed by atoms with Crippen LogP contribution in [0.25, 0.3) is 0 Å². The fourth-order valence-corrected chi connectivity index (χ4v) is 2.11. The quantitative estimate of drug-likeness (QED) is 0.723. The Balaban J connectivity index is 2.77. The molecule has 0 saturated heterocycles. The molecule has 0 aromatic heterocycles. The second-order valence-corrected chi connectivity index (χ2v) is 4.98. The number of ketones is 1. The first-order valence-corrected chi connectivity index (χ1v) is 6.32. The van der Waals surface area contributed by atoms with E-state index in [4.69, 9.17) is 0 Å². The zero-order valence-corrected chi connectivity index (χ0v) is 11.2. The normalized spacial score (nSPS) is 12.5. The molecule has 0 aliphatic heterocycles. The lowest BCUT2D eigenvalue weighted by Gasteiger charge is -2.09. The molecule has 1 nitrogen and oxygen atoms in total. The van der Waals surface area contributed by atoms with Crippen molar-refractivity contribution in [3.63, 3.8) is 0 Å². The molecule has 1 aromatic carbocycles. The van der Waals surface area contributed by atoms with Crippen LogP contribution < -0.4 is 0 Å². The third kappa shape index (κ3) is 3.41. The van der Waals surface area contributed by atoms with Crippen molar-refractivity contribution in [3.05, 3.63) is 34.1 Å². The van der Waals surface area contributed by atoms with Gasteiger partial charge < -0.3 is 0 Å². The zero-order valence-electron chi connectivity index (χ0n) is 9.59. The van der Waals surface area contributed by atoms with E-state index in [2.05, 4.69) is 22.9 Å². The Morgan fingerprint density at radius 3 is 2.81 bits per heavy atom. The molecule has 88 valence electrons. The zero-order chi connectivity index (χ0) is 12.1. The lowest BCUT2D eigenvalue weighted by Crippen LogP contribution is -2.08. The van der Waals surface area contributed by atoms with E-state index in [1.807, 2.05) is 6.92 Å². The predicted molar refractivity (Wildman–Crippen MR) is 67.1 cm³/mol. The second-order valence-electron chi connectivity index (χ2n) is 4.12. The Morgan fingerprint density at radius 2 is 2.19 bits per heavy atom. The van der Waals surface area contributed by atoms with Gasteiger partial charge in [0.2, 0.25) is 0 Å². The van der Waals surface area contributed by atoms with Gasteiger partial charge in [0, 0.05) is 6.42 Å². The van der Waals surface area contributed by atoms with Crippen LogP contribution in [0.15, 0.2) is 22.7 Å². The maximum Gasteiger partial charge on any atom is 0.166 e. The van der Waals surface area contributed by atoms with Crippen molar-refractivity contribution in [2.24, 2.45) is 5.92 Å². The summed E-state index contributed by atoms with van der Waals surface area (Å²) in [5.41, 5.74) is 0.192. The van der Waals surface area contributed by atoms with Gasteiger partial charge in [-0.25, -0.2) is 4.39 Å². The number of Topliss-reactive ketones (excluding diaryl/α,β-unsaturated/α-hetero) is 1. The Morgan fingerprint density at radius 1 is 1.50 bits per heavy atom. The average molecular weight is 287 g/mol. The first kappa shape index (κ1) is 13.4. The van der Waals surface area contributed by atoms with E-state index in [1.54, 1.807) is 18.2 Å². The molecule has 0 aliphatic carbocycles. The Bertz CT molecular complexity index is 376. The number of halogens is 2. The van der Waals surface area contributed by atoms with Crippen molar-refractivity contribution in [3.8, 4) is 0 Å². The van der Waals surface area contributed by atoms with Crippen molar-refractivity contribution in [2.75, 3.05) is 0 Å². The van der Waals surface area contributed by atoms with E-state index in [1.165, 1.54) is 0 Å². The topological polar surface area (TPSA) is 17.1 Å². The highest BCUT2D eigenvalue weighted by atomic mass is 79.9. The molecule has 1 atom stereocenters. The van der Waals surface area contributed by atoms with Crippen LogP contribution in [0.1, 0.15) is 43.5 Å². The van der Waals surface area contributed by atoms with Gasteiger partial charge in [0.1, 0.15) is 5.82 Å². The third-order valence-electron chi connectivity index (χ3n) is 2.57. The van der Waals surface area contributed by atoms with Crippen LogP contribution in [-0.2, 0) is 0 Å². The van der Waals surface area contributed by atoms with Crippen molar-refractivity contribution >= 4 is 21.7 Å². The molecule has 0 radical (unpaired) electrons. The van der Waals surface area contributed by atoms with Crippen LogP contribution in [0.3, 0.4) is 0 Å². The van der Waals surface area contributed by atoms with E-state index in [-0.39, 0.29) is 11.3 Å². The molecule has 16 heavy (non-hydrogen) atoms. The fraction of sp³-hybridized carbons (Fsp3) is 0.462. The number of hydrogen-bond donors (Lipinski definition) is 0. The predicted octanol–water partition coefficient (Wildman–Crippen LogP) is 4.60. The molecule has 0 aliphatic rings. The van der Waals surface area contributed by atoms with Gasteiger partial charge in [-0.05, 0) is 34.0 Å². The lowest BCUT2D eigenvalue weighted by atomic mass is 9.96. The van der Waals surface area contributed by atoms with Crippen LogP contribution in [0.4, 0.5) is 4.39 Å². The number of carbonyl (C=O) groups excluding carboxylic acids is 1. The number of hydrogen-bond acceptors (Lipinski definition) is 1. The molecule has 3 heteroatoms. The van der Waals surface area contributed by atoms with Crippen LogP contribution in [0, 0.1) is 11.7 Å². The summed E-state index contributed by atoms with van der Waals surface area (Å²) in [6.07, 6.45) is 2.47. The van der Waals surface area contributed by atoms with Gasteiger partial charge in [0.25, 0.3) is 0 Å². The van der Waals surface area contributed by atoms with E-state index in [0.717, 1.165) is 12.8 Å². The fourth-order valence-electron chi connectivity index (χ4n) is 1.74. The minimum atomic E-state index is -0.448. The molecule has 0 saturated carbocycles. The summed E-state index contributed by atoms with van der Waals surface area (Å²) in [4.78, 5) is 11.8. The van der Waals surface area contributed by atoms with Crippen molar-refractivity contribution < 1.29 is 9.18 Å². The molecular weight excluding hydrogens is 271 g/mol. The highest BCUT2D eigenvalue weighted by molar-refractivity contribution is 9.10. The second kappa shape index (κ2) is 6.14. The van der Waals surface area contributed by atoms with Crippen molar-refractivity contribution in [1.29, 1.82) is 0 Å². The van der Waals surface area contributed by atoms with Crippen LogP contribution >= 0.6 is 15.9 Å². The summed E-state index contributed by atoms with van der Waals surface area (Å²) >= 11 is 3.08. The molecule has 0 fully saturated rings. The summed E-state index contributed by atoms with van der Waals surface area (Å²) in [6, 6.07) is 4.83. The third-order valence-corrected chi connectivity index (χ3v) is 3.18. The number of benzene rings is 1. The van der Waals surface area contributed by atoms with E-state index in [0.29, 0.717) is 16.8 Å². The molecule has 1 aromatic rings. The van der Waals surface area contributed by atoms with Crippen LogP contribution in [0.5, 0.6) is 0 Å².